The van der Waals surface area contributed by atoms with E-state index in [0.717, 1.165) is 0 Å². The first-order chi connectivity index (χ1) is 13.6. The summed E-state index contributed by atoms with van der Waals surface area (Å²) < 4.78 is 21.4. The lowest BCUT2D eigenvalue weighted by Crippen LogP contribution is -2.07. The summed E-state index contributed by atoms with van der Waals surface area (Å²) in [6.07, 6.45) is 0. The average molecular weight is 399 g/mol. The molecule has 0 saturated carbocycles. The smallest absolute Gasteiger partial charge is 0.341 e. The summed E-state index contributed by atoms with van der Waals surface area (Å²) >= 11 is 1.35. The van der Waals surface area contributed by atoms with Crippen LogP contribution in [0.15, 0.2) is 47.4 Å². The molecule has 2 aromatic carbocycles. The largest absolute Gasteiger partial charge is 0.497 e. The van der Waals surface area contributed by atoms with Crippen LogP contribution in [-0.4, -0.2) is 33.1 Å². The molecule has 0 radical (unpaired) electrons. The molecule has 0 spiro atoms. The SMILES string of the molecule is CCS/C(C#N)=C(\Oc1cc(OC)ccc1C(=O)OC)c1ccc(OC)cc1. The number of benzene rings is 2. The van der Waals surface area contributed by atoms with E-state index in [1.54, 1.807) is 49.6 Å². The van der Waals surface area contributed by atoms with Crippen molar-refractivity contribution in [1.82, 2.24) is 0 Å². The molecule has 0 aliphatic rings. The fourth-order valence-electron chi connectivity index (χ4n) is 2.37. The molecular formula is C21H21NO5S. The summed E-state index contributed by atoms with van der Waals surface area (Å²) in [4.78, 5) is 12.5. The van der Waals surface area contributed by atoms with Crippen molar-refractivity contribution in [3.63, 3.8) is 0 Å². The van der Waals surface area contributed by atoms with Crippen LogP contribution >= 0.6 is 11.8 Å². The fraction of sp³-hybridized carbons (Fsp3) is 0.238. The van der Waals surface area contributed by atoms with Gasteiger partial charge >= 0.3 is 5.97 Å². The van der Waals surface area contributed by atoms with E-state index in [0.29, 0.717) is 33.5 Å². The first-order valence-corrected chi connectivity index (χ1v) is 9.42. The van der Waals surface area contributed by atoms with Crippen LogP contribution in [0.3, 0.4) is 0 Å². The molecule has 28 heavy (non-hydrogen) atoms. The van der Waals surface area contributed by atoms with Crippen molar-refractivity contribution in [1.29, 1.82) is 5.26 Å². The molecule has 0 bridgehead atoms. The number of carbonyl (C=O) groups is 1. The van der Waals surface area contributed by atoms with Crippen LogP contribution in [0.1, 0.15) is 22.8 Å². The monoisotopic (exact) mass is 399 g/mol. The fourth-order valence-corrected chi connectivity index (χ4v) is 3.02. The quantitative estimate of drug-likeness (QED) is 0.367. The summed E-state index contributed by atoms with van der Waals surface area (Å²) in [5, 5.41) is 9.64. The van der Waals surface area contributed by atoms with E-state index in [2.05, 4.69) is 6.07 Å². The van der Waals surface area contributed by atoms with Gasteiger partial charge in [0.25, 0.3) is 0 Å². The van der Waals surface area contributed by atoms with E-state index < -0.39 is 5.97 Å². The topological polar surface area (TPSA) is 77.8 Å². The molecule has 0 fully saturated rings. The number of thioether (sulfide) groups is 1. The van der Waals surface area contributed by atoms with Gasteiger partial charge in [0, 0.05) is 11.6 Å². The molecule has 0 N–H and O–H groups in total. The summed E-state index contributed by atoms with van der Waals surface area (Å²) in [6.45, 7) is 1.94. The number of ether oxygens (including phenoxy) is 4. The summed E-state index contributed by atoms with van der Waals surface area (Å²) in [7, 11) is 4.39. The second kappa shape index (κ2) is 10.3. The number of carbonyl (C=O) groups excluding carboxylic acids is 1. The van der Waals surface area contributed by atoms with Gasteiger partial charge in [0.1, 0.15) is 33.8 Å². The van der Waals surface area contributed by atoms with Crippen LogP contribution in [0.4, 0.5) is 0 Å². The molecule has 0 unspecified atom stereocenters. The van der Waals surface area contributed by atoms with Gasteiger partial charge in [0.2, 0.25) is 0 Å². The molecule has 0 amide bonds. The predicted octanol–water partition coefficient (Wildman–Crippen LogP) is 4.51. The minimum Gasteiger partial charge on any atom is -0.497 e. The van der Waals surface area contributed by atoms with Crippen LogP contribution < -0.4 is 14.2 Å². The number of hydrogen-bond donors (Lipinski definition) is 0. The molecular weight excluding hydrogens is 378 g/mol. The standard InChI is InChI=1S/C21H21NO5S/c1-5-28-19(13-22)20(14-6-8-15(24-2)9-7-14)27-18-12-16(25-3)10-11-17(18)21(23)26-4/h6-12H,5H2,1-4H3/b20-19-. The number of allylic oxidation sites excluding steroid dienone is 1. The molecule has 2 rings (SSSR count). The van der Waals surface area contributed by atoms with E-state index in [9.17, 15) is 10.1 Å². The molecule has 0 aliphatic carbocycles. The number of rotatable bonds is 8. The minimum absolute atomic E-state index is 0.230. The minimum atomic E-state index is -0.548. The zero-order valence-corrected chi connectivity index (χ0v) is 17.0. The van der Waals surface area contributed by atoms with Crippen LogP contribution in [0, 0.1) is 11.3 Å². The molecule has 0 saturated heterocycles. The average Bonchev–Trinajstić information content (AvgIpc) is 2.75. The Kier molecular flexibility index (Phi) is 7.78. The molecule has 0 heterocycles. The van der Waals surface area contributed by atoms with E-state index in [4.69, 9.17) is 18.9 Å². The Balaban J connectivity index is 2.60. The Hall–Kier alpha value is -3.11. The van der Waals surface area contributed by atoms with Crippen molar-refractivity contribution < 1.29 is 23.7 Å². The highest BCUT2D eigenvalue weighted by molar-refractivity contribution is 8.03. The van der Waals surface area contributed by atoms with Crippen LogP contribution in [-0.2, 0) is 4.74 Å². The number of esters is 1. The van der Waals surface area contributed by atoms with Gasteiger partial charge in [-0.05, 0) is 42.2 Å². The maximum Gasteiger partial charge on any atom is 0.341 e. The lowest BCUT2D eigenvalue weighted by Gasteiger charge is -2.16. The zero-order valence-electron chi connectivity index (χ0n) is 16.1. The van der Waals surface area contributed by atoms with Crippen molar-refractivity contribution in [2.75, 3.05) is 27.1 Å². The highest BCUT2D eigenvalue weighted by Gasteiger charge is 2.19. The van der Waals surface area contributed by atoms with Crippen LogP contribution in [0.5, 0.6) is 17.2 Å². The number of nitriles is 1. The maximum atomic E-state index is 12.2. The number of nitrogens with zero attached hydrogens (tertiary/aromatic N) is 1. The van der Waals surface area contributed by atoms with Gasteiger partial charge in [-0.2, -0.15) is 5.26 Å². The van der Waals surface area contributed by atoms with Crippen molar-refractivity contribution in [2.24, 2.45) is 0 Å². The molecule has 7 heteroatoms. The van der Waals surface area contributed by atoms with E-state index in [1.807, 2.05) is 6.92 Å². The van der Waals surface area contributed by atoms with Crippen LogP contribution in [0.25, 0.3) is 5.76 Å². The van der Waals surface area contributed by atoms with Crippen molar-refractivity contribution >= 4 is 23.5 Å². The van der Waals surface area contributed by atoms with Gasteiger partial charge in [0.15, 0.2) is 5.76 Å². The van der Waals surface area contributed by atoms with Crippen molar-refractivity contribution in [2.45, 2.75) is 6.92 Å². The Bertz CT molecular complexity index is 900. The Morgan fingerprint density at radius 1 is 1.04 bits per heavy atom. The highest BCUT2D eigenvalue weighted by Crippen LogP contribution is 2.34. The molecule has 6 nitrogen and oxygen atoms in total. The van der Waals surface area contributed by atoms with E-state index in [-0.39, 0.29) is 11.3 Å². The predicted molar refractivity (Wildman–Crippen MR) is 109 cm³/mol. The second-order valence-corrected chi connectivity index (χ2v) is 6.66. The molecule has 0 atom stereocenters. The summed E-state index contributed by atoms with van der Waals surface area (Å²) in [6, 6.07) is 14.1. The Morgan fingerprint density at radius 2 is 1.68 bits per heavy atom. The summed E-state index contributed by atoms with van der Waals surface area (Å²) in [5.74, 6) is 1.92. The third-order valence-corrected chi connectivity index (χ3v) is 4.61. The third-order valence-electron chi connectivity index (χ3n) is 3.75. The zero-order chi connectivity index (χ0) is 20.5. The number of hydrogen-bond acceptors (Lipinski definition) is 7. The molecule has 146 valence electrons. The van der Waals surface area contributed by atoms with Crippen LogP contribution in [0.2, 0.25) is 0 Å². The lowest BCUT2D eigenvalue weighted by atomic mass is 10.1. The lowest BCUT2D eigenvalue weighted by molar-refractivity contribution is 0.0598. The van der Waals surface area contributed by atoms with Gasteiger partial charge in [-0.15, -0.1) is 11.8 Å². The summed E-state index contributed by atoms with van der Waals surface area (Å²) in [5.41, 5.74) is 0.907. The normalized spacial score (nSPS) is 11.1. The second-order valence-electron chi connectivity index (χ2n) is 5.39. The van der Waals surface area contributed by atoms with E-state index >= 15 is 0 Å². The van der Waals surface area contributed by atoms with E-state index in [1.165, 1.54) is 26.0 Å². The first-order valence-electron chi connectivity index (χ1n) is 8.43. The number of methoxy groups -OCH3 is 3. The van der Waals surface area contributed by atoms with Gasteiger partial charge in [0.05, 0.1) is 21.3 Å². The Morgan fingerprint density at radius 3 is 2.21 bits per heavy atom. The first kappa shape index (κ1) is 21.2. The molecule has 2 aromatic rings. The van der Waals surface area contributed by atoms with Gasteiger partial charge in [-0.1, -0.05) is 6.92 Å². The van der Waals surface area contributed by atoms with Gasteiger partial charge in [-0.25, -0.2) is 4.79 Å². The van der Waals surface area contributed by atoms with Crippen molar-refractivity contribution in [3.8, 4) is 23.3 Å². The highest BCUT2D eigenvalue weighted by atomic mass is 32.2. The Labute approximate surface area is 168 Å². The van der Waals surface area contributed by atoms with Crippen molar-refractivity contribution in [3.05, 3.63) is 58.5 Å². The molecule has 0 aliphatic heterocycles. The molecule has 0 aromatic heterocycles. The maximum absolute atomic E-state index is 12.2. The van der Waals surface area contributed by atoms with Gasteiger partial charge in [-0.3, -0.25) is 0 Å². The third kappa shape index (κ3) is 4.99. The van der Waals surface area contributed by atoms with Gasteiger partial charge < -0.3 is 18.9 Å².